The summed E-state index contributed by atoms with van der Waals surface area (Å²) in [4.78, 5) is 0. The van der Waals surface area contributed by atoms with Crippen LogP contribution < -0.4 is 10.0 Å². The van der Waals surface area contributed by atoms with E-state index in [2.05, 4.69) is 23.9 Å². The van der Waals surface area contributed by atoms with Gasteiger partial charge < -0.3 is 5.32 Å². The maximum atomic E-state index is 11.7. The van der Waals surface area contributed by atoms with Crippen LogP contribution in [-0.4, -0.2) is 32.8 Å². The molecule has 104 valence electrons. The van der Waals surface area contributed by atoms with Gasteiger partial charge in [0.1, 0.15) is 0 Å². The highest BCUT2D eigenvalue weighted by Gasteiger charge is 2.16. The zero-order valence-electron chi connectivity index (χ0n) is 11.8. The van der Waals surface area contributed by atoms with Gasteiger partial charge in [-0.1, -0.05) is 27.7 Å². The molecule has 0 aromatic heterocycles. The van der Waals surface area contributed by atoms with Gasteiger partial charge in [0.15, 0.2) is 0 Å². The van der Waals surface area contributed by atoms with E-state index in [1.54, 1.807) is 0 Å². The monoisotopic (exact) mass is 264 g/mol. The Labute approximate surface area is 107 Å². The summed E-state index contributed by atoms with van der Waals surface area (Å²) >= 11 is 0. The Morgan fingerprint density at radius 2 is 1.59 bits per heavy atom. The lowest BCUT2D eigenvalue weighted by Gasteiger charge is -2.17. The Kier molecular flexibility index (Phi) is 8.00. The zero-order chi connectivity index (χ0) is 13.5. The van der Waals surface area contributed by atoms with Crippen molar-refractivity contribution in [3.05, 3.63) is 0 Å². The Bertz CT molecular complexity index is 287. The van der Waals surface area contributed by atoms with E-state index < -0.39 is 10.0 Å². The molecule has 0 bridgehead atoms. The van der Waals surface area contributed by atoms with Gasteiger partial charge in [0.25, 0.3) is 0 Å². The van der Waals surface area contributed by atoms with Crippen LogP contribution in [0.3, 0.4) is 0 Å². The number of nitrogens with one attached hydrogen (secondary N) is 2. The Hall–Kier alpha value is -0.130. The Morgan fingerprint density at radius 1 is 1.00 bits per heavy atom. The van der Waals surface area contributed by atoms with E-state index in [4.69, 9.17) is 0 Å². The molecule has 1 atom stereocenters. The van der Waals surface area contributed by atoms with E-state index in [9.17, 15) is 8.42 Å². The molecule has 0 rings (SSSR count). The molecule has 0 aromatic rings. The highest BCUT2D eigenvalue weighted by molar-refractivity contribution is 7.89. The smallest absolute Gasteiger partial charge is 0.211 e. The number of hydrogen-bond acceptors (Lipinski definition) is 3. The molecular formula is C12H28N2O2S. The molecule has 0 aromatic carbocycles. The van der Waals surface area contributed by atoms with Crippen molar-refractivity contribution in [1.82, 2.24) is 10.0 Å². The van der Waals surface area contributed by atoms with Crippen LogP contribution in [0.5, 0.6) is 0 Å². The molecule has 0 aliphatic carbocycles. The summed E-state index contributed by atoms with van der Waals surface area (Å²) in [5.41, 5.74) is 0. The van der Waals surface area contributed by atoms with Crippen LogP contribution in [0.4, 0.5) is 0 Å². The molecule has 0 amide bonds. The molecule has 0 spiro atoms. The SMILES string of the molecule is CC(C)NCCCCS(=O)(=O)NC(C)C(C)C. The lowest BCUT2D eigenvalue weighted by Crippen LogP contribution is -2.37. The quantitative estimate of drug-likeness (QED) is 0.624. The largest absolute Gasteiger partial charge is 0.315 e. The summed E-state index contributed by atoms with van der Waals surface area (Å²) in [6, 6.07) is 0.472. The molecule has 5 heteroatoms. The van der Waals surface area contributed by atoms with E-state index in [-0.39, 0.29) is 11.8 Å². The summed E-state index contributed by atoms with van der Waals surface area (Å²) < 4.78 is 26.1. The van der Waals surface area contributed by atoms with Crippen molar-refractivity contribution in [2.45, 2.75) is 59.5 Å². The average molecular weight is 264 g/mol. The van der Waals surface area contributed by atoms with Crippen molar-refractivity contribution < 1.29 is 8.42 Å². The molecular weight excluding hydrogens is 236 g/mol. The molecule has 17 heavy (non-hydrogen) atoms. The molecule has 4 nitrogen and oxygen atoms in total. The van der Waals surface area contributed by atoms with Gasteiger partial charge in [0.05, 0.1) is 5.75 Å². The third-order valence-electron chi connectivity index (χ3n) is 2.76. The van der Waals surface area contributed by atoms with Gasteiger partial charge in [-0.3, -0.25) is 0 Å². The van der Waals surface area contributed by atoms with E-state index in [1.165, 1.54) is 0 Å². The van der Waals surface area contributed by atoms with E-state index in [1.807, 2.05) is 20.8 Å². The first-order valence-electron chi connectivity index (χ1n) is 6.48. The van der Waals surface area contributed by atoms with E-state index in [0.29, 0.717) is 18.4 Å². The summed E-state index contributed by atoms with van der Waals surface area (Å²) in [5, 5.41) is 3.28. The van der Waals surface area contributed by atoms with Crippen LogP contribution in [0.2, 0.25) is 0 Å². The third-order valence-corrected chi connectivity index (χ3v) is 4.31. The Morgan fingerprint density at radius 3 is 2.06 bits per heavy atom. The number of hydrogen-bond donors (Lipinski definition) is 2. The van der Waals surface area contributed by atoms with Crippen LogP contribution >= 0.6 is 0 Å². The van der Waals surface area contributed by atoms with Gasteiger partial charge in [0.2, 0.25) is 10.0 Å². The molecule has 0 radical (unpaired) electrons. The van der Waals surface area contributed by atoms with Gasteiger partial charge >= 0.3 is 0 Å². The summed E-state index contributed by atoms with van der Waals surface area (Å²) in [6.45, 7) is 11.0. The van der Waals surface area contributed by atoms with Crippen molar-refractivity contribution in [2.75, 3.05) is 12.3 Å². The maximum absolute atomic E-state index is 11.7. The third kappa shape index (κ3) is 9.56. The topological polar surface area (TPSA) is 58.2 Å². The zero-order valence-corrected chi connectivity index (χ0v) is 12.6. The molecule has 0 fully saturated rings. The fourth-order valence-corrected chi connectivity index (χ4v) is 2.83. The molecule has 0 saturated carbocycles. The van der Waals surface area contributed by atoms with Gasteiger partial charge in [-0.25, -0.2) is 13.1 Å². The second-order valence-corrected chi connectivity index (χ2v) is 7.16. The summed E-state index contributed by atoms with van der Waals surface area (Å²) in [6.07, 6.45) is 1.61. The first kappa shape index (κ1) is 16.9. The normalized spacial score (nSPS) is 14.5. The highest BCUT2D eigenvalue weighted by Crippen LogP contribution is 2.03. The van der Waals surface area contributed by atoms with Gasteiger partial charge in [-0.05, 0) is 32.2 Å². The predicted molar refractivity (Wildman–Crippen MR) is 73.6 cm³/mol. The molecule has 0 aliphatic rings. The standard InChI is InChI=1S/C12H28N2O2S/c1-10(2)12(5)14-17(15,16)9-7-6-8-13-11(3)4/h10-14H,6-9H2,1-5H3. The van der Waals surface area contributed by atoms with Crippen LogP contribution in [0.1, 0.15) is 47.5 Å². The van der Waals surface area contributed by atoms with Gasteiger partial charge in [0, 0.05) is 12.1 Å². The first-order valence-corrected chi connectivity index (χ1v) is 8.13. The minimum atomic E-state index is -3.10. The van der Waals surface area contributed by atoms with Crippen LogP contribution in [0.25, 0.3) is 0 Å². The van der Waals surface area contributed by atoms with E-state index in [0.717, 1.165) is 13.0 Å². The van der Waals surface area contributed by atoms with Crippen molar-refractivity contribution >= 4 is 10.0 Å². The van der Waals surface area contributed by atoms with Crippen LogP contribution in [-0.2, 0) is 10.0 Å². The molecule has 1 unspecified atom stereocenters. The highest BCUT2D eigenvalue weighted by atomic mass is 32.2. The lowest BCUT2D eigenvalue weighted by atomic mass is 10.1. The second-order valence-electron chi connectivity index (χ2n) is 5.29. The van der Waals surface area contributed by atoms with Crippen LogP contribution in [0, 0.1) is 5.92 Å². The van der Waals surface area contributed by atoms with Crippen molar-refractivity contribution in [2.24, 2.45) is 5.92 Å². The maximum Gasteiger partial charge on any atom is 0.211 e. The van der Waals surface area contributed by atoms with Crippen molar-refractivity contribution in [3.8, 4) is 0 Å². The fraction of sp³-hybridized carbons (Fsp3) is 1.00. The fourth-order valence-electron chi connectivity index (χ4n) is 1.29. The minimum Gasteiger partial charge on any atom is -0.315 e. The molecule has 0 aliphatic heterocycles. The van der Waals surface area contributed by atoms with Crippen molar-refractivity contribution in [3.63, 3.8) is 0 Å². The Balaban J connectivity index is 3.79. The van der Waals surface area contributed by atoms with Crippen LogP contribution in [0.15, 0.2) is 0 Å². The number of unbranched alkanes of at least 4 members (excludes halogenated alkanes) is 1. The summed E-state index contributed by atoms with van der Waals surface area (Å²) in [5.74, 6) is 0.552. The first-order chi connectivity index (χ1) is 7.74. The molecule has 0 heterocycles. The lowest BCUT2D eigenvalue weighted by molar-refractivity contribution is 0.475. The predicted octanol–water partition coefficient (Wildman–Crippen LogP) is 1.73. The average Bonchev–Trinajstić information content (AvgIpc) is 2.15. The molecule has 2 N–H and O–H groups in total. The molecule has 0 saturated heterocycles. The van der Waals surface area contributed by atoms with Gasteiger partial charge in [-0.15, -0.1) is 0 Å². The summed E-state index contributed by atoms with van der Waals surface area (Å²) in [7, 11) is -3.10. The van der Waals surface area contributed by atoms with Crippen molar-refractivity contribution in [1.29, 1.82) is 0 Å². The van der Waals surface area contributed by atoms with Gasteiger partial charge in [-0.2, -0.15) is 0 Å². The number of sulfonamides is 1. The van der Waals surface area contributed by atoms with E-state index >= 15 is 0 Å². The second kappa shape index (κ2) is 8.06. The minimum absolute atomic E-state index is 0.00814. The number of rotatable bonds is 9.